The number of halogens is 2. The van der Waals surface area contributed by atoms with E-state index in [2.05, 4.69) is 23.1 Å². The van der Waals surface area contributed by atoms with Gasteiger partial charge in [0, 0.05) is 35.6 Å². The minimum Gasteiger partial charge on any atom is -0.252 e. The molecule has 0 aliphatic carbocycles. The van der Waals surface area contributed by atoms with E-state index in [0.717, 1.165) is 23.0 Å². The summed E-state index contributed by atoms with van der Waals surface area (Å²) in [5.74, 6) is -1.21. The summed E-state index contributed by atoms with van der Waals surface area (Å²) in [4.78, 5) is 4.62. The van der Waals surface area contributed by atoms with Crippen LogP contribution in [0.4, 0.5) is 8.78 Å². The van der Waals surface area contributed by atoms with Crippen LogP contribution < -0.4 is 0 Å². The molecule has 1 unspecified atom stereocenters. The Morgan fingerprint density at radius 3 is 2.56 bits per heavy atom. The highest BCUT2D eigenvalue weighted by Gasteiger charge is 2.14. The highest BCUT2D eigenvalue weighted by molar-refractivity contribution is 5.60. The molecule has 0 spiro atoms. The molecule has 0 amide bonds. The average molecular weight is 361 g/mol. The van der Waals surface area contributed by atoms with Crippen molar-refractivity contribution < 1.29 is 8.78 Å². The Kier molecular flexibility index (Phi) is 4.50. The molecule has 4 rings (SSSR count). The van der Waals surface area contributed by atoms with Crippen molar-refractivity contribution in [1.82, 2.24) is 14.8 Å². The summed E-state index contributed by atoms with van der Waals surface area (Å²) >= 11 is 0. The molecule has 4 aromatic rings. The molecule has 0 N–H and O–H groups in total. The van der Waals surface area contributed by atoms with Gasteiger partial charge in [-0.3, -0.25) is 4.98 Å². The third kappa shape index (κ3) is 3.49. The van der Waals surface area contributed by atoms with Crippen molar-refractivity contribution in [3.8, 4) is 16.9 Å². The molecule has 5 heteroatoms. The first-order chi connectivity index (χ1) is 13.1. The highest BCUT2D eigenvalue weighted by Crippen LogP contribution is 2.28. The molecule has 1 atom stereocenters. The number of hydrogen-bond donors (Lipinski definition) is 0. The van der Waals surface area contributed by atoms with Crippen LogP contribution in [0.2, 0.25) is 0 Å². The van der Waals surface area contributed by atoms with Crippen LogP contribution in [-0.2, 0) is 0 Å². The fraction of sp³-hybridized carbons (Fsp3) is 0.0909. The molecule has 0 aliphatic rings. The van der Waals surface area contributed by atoms with E-state index in [0.29, 0.717) is 5.69 Å². The van der Waals surface area contributed by atoms with Gasteiger partial charge >= 0.3 is 0 Å². The number of benzene rings is 2. The molecule has 27 heavy (non-hydrogen) atoms. The summed E-state index contributed by atoms with van der Waals surface area (Å²) in [5, 5.41) is 4.26. The van der Waals surface area contributed by atoms with Gasteiger partial charge in [0.2, 0.25) is 0 Å². The van der Waals surface area contributed by atoms with Crippen LogP contribution in [-0.4, -0.2) is 14.8 Å². The van der Waals surface area contributed by atoms with Gasteiger partial charge in [-0.2, -0.15) is 5.10 Å². The lowest BCUT2D eigenvalue weighted by Crippen LogP contribution is -2.02. The van der Waals surface area contributed by atoms with E-state index in [4.69, 9.17) is 0 Å². The van der Waals surface area contributed by atoms with Gasteiger partial charge in [-0.1, -0.05) is 25.1 Å². The Labute approximate surface area is 155 Å². The number of aromatic nitrogens is 3. The predicted octanol–water partition coefficient (Wildman–Crippen LogP) is 5.36. The van der Waals surface area contributed by atoms with Crippen molar-refractivity contribution in [3.63, 3.8) is 0 Å². The number of pyridine rings is 1. The molecule has 3 nitrogen and oxygen atoms in total. The Morgan fingerprint density at radius 1 is 0.926 bits per heavy atom. The van der Waals surface area contributed by atoms with Crippen LogP contribution in [0.15, 0.2) is 79.1 Å². The van der Waals surface area contributed by atoms with Gasteiger partial charge in [-0.25, -0.2) is 13.5 Å². The van der Waals surface area contributed by atoms with Crippen molar-refractivity contribution >= 4 is 0 Å². The van der Waals surface area contributed by atoms with Crippen LogP contribution in [0.25, 0.3) is 16.9 Å². The second-order valence-electron chi connectivity index (χ2n) is 6.34. The Balaban J connectivity index is 1.69. The first-order valence-electron chi connectivity index (χ1n) is 8.64. The lowest BCUT2D eigenvalue weighted by Gasteiger charge is -2.14. The van der Waals surface area contributed by atoms with Crippen LogP contribution in [0, 0.1) is 11.6 Å². The summed E-state index contributed by atoms with van der Waals surface area (Å²) in [6.45, 7) is 2.05. The van der Waals surface area contributed by atoms with Gasteiger partial charge < -0.3 is 0 Å². The maximum atomic E-state index is 14.1. The fourth-order valence-corrected chi connectivity index (χ4v) is 3.07. The molecule has 134 valence electrons. The van der Waals surface area contributed by atoms with Gasteiger partial charge in [0.25, 0.3) is 0 Å². The maximum Gasteiger partial charge on any atom is 0.135 e. The van der Waals surface area contributed by atoms with Gasteiger partial charge in [0.05, 0.1) is 11.4 Å². The Hall–Kier alpha value is -3.34. The molecular formula is C22H17F2N3. The molecule has 0 saturated carbocycles. The first-order valence-corrected chi connectivity index (χ1v) is 8.64. The van der Waals surface area contributed by atoms with E-state index >= 15 is 0 Å². The molecule has 2 heterocycles. The van der Waals surface area contributed by atoms with Crippen molar-refractivity contribution in [2.45, 2.75) is 12.8 Å². The van der Waals surface area contributed by atoms with E-state index in [1.54, 1.807) is 16.9 Å². The van der Waals surface area contributed by atoms with E-state index < -0.39 is 11.6 Å². The van der Waals surface area contributed by atoms with E-state index in [9.17, 15) is 8.78 Å². The summed E-state index contributed by atoms with van der Waals surface area (Å²) in [5.41, 5.74) is 3.63. The maximum absolute atomic E-state index is 14.1. The monoisotopic (exact) mass is 361 g/mol. The third-order valence-electron chi connectivity index (χ3n) is 4.56. The molecule has 0 saturated heterocycles. The smallest absolute Gasteiger partial charge is 0.135 e. The molecule has 0 aliphatic heterocycles. The summed E-state index contributed by atoms with van der Waals surface area (Å²) < 4.78 is 29.1. The largest absolute Gasteiger partial charge is 0.252 e. The topological polar surface area (TPSA) is 30.7 Å². The second-order valence-corrected chi connectivity index (χ2v) is 6.34. The standard InChI is InChI=1S/C22H17F2N3/c1-15(16-5-2-6-18(13-16)27-12-4-11-25-27)21-7-3-8-22(26-21)19-10-9-17(23)14-20(19)24/h2-15H,1H3. The van der Waals surface area contributed by atoms with Crippen molar-refractivity contribution in [1.29, 1.82) is 0 Å². The van der Waals surface area contributed by atoms with Crippen molar-refractivity contribution in [2.24, 2.45) is 0 Å². The van der Waals surface area contributed by atoms with Crippen LogP contribution >= 0.6 is 0 Å². The number of nitrogens with zero attached hydrogens (tertiary/aromatic N) is 3. The summed E-state index contributed by atoms with van der Waals surface area (Å²) in [6, 6.07) is 18.9. The van der Waals surface area contributed by atoms with Gasteiger partial charge in [0.15, 0.2) is 0 Å². The van der Waals surface area contributed by atoms with Crippen molar-refractivity contribution in [3.05, 3.63) is 102 Å². The lowest BCUT2D eigenvalue weighted by atomic mass is 9.96. The van der Waals surface area contributed by atoms with Gasteiger partial charge in [-0.05, 0) is 48.0 Å². The third-order valence-corrected chi connectivity index (χ3v) is 4.56. The minimum absolute atomic E-state index is 0.00368. The molecule has 2 aromatic carbocycles. The Bertz CT molecular complexity index is 1070. The number of rotatable bonds is 4. The van der Waals surface area contributed by atoms with E-state index in [1.807, 2.05) is 42.6 Å². The van der Waals surface area contributed by atoms with E-state index in [-0.39, 0.29) is 11.5 Å². The lowest BCUT2D eigenvalue weighted by molar-refractivity contribution is 0.585. The number of hydrogen-bond acceptors (Lipinski definition) is 2. The van der Waals surface area contributed by atoms with Crippen LogP contribution in [0.5, 0.6) is 0 Å². The zero-order valence-electron chi connectivity index (χ0n) is 14.7. The normalized spacial score (nSPS) is 12.1. The average Bonchev–Trinajstić information content (AvgIpc) is 3.22. The summed E-state index contributed by atoms with van der Waals surface area (Å²) in [6.07, 6.45) is 3.62. The predicted molar refractivity (Wildman–Crippen MR) is 101 cm³/mol. The van der Waals surface area contributed by atoms with Crippen LogP contribution in [0.1, 0.15) is 24.1 Å². The Morgan fingerprint density at radius 2 is 1.78 bits per heavy atom. The highest BCUT2D eigenvalue weighted by atomic mass is 19.1. The van der Waals surface area contributed by atoms with Crippen molar-refractivity contribution in [2.75, 3.05) is 0 Å². The minimum atomic E-state index is -0.618. The van der Waals surface area contributed by atoms with E-state index in [1.165, 1.54) is 12.1 Å². The molecular weight excluding hydrogens is 344 g/mol. The second kappa shape index (κ2) is 7.11. The van der Waals surface area contributed by atoms with Gasteiger partial charge in [0.1, 0.15) is 11.6 Å². The quantitative estimate of drug-likeness (QED) is 0.490. The molecule has 2 aromatic heterocycles. The molecule has 0 fully saturated rings. The van der Waals surface area contributed by atoms with Crippen LogP contribution in [0.3, 0.4) is 0 Å². The molecule has 0 radical (unpaired) electrons. The first kappa shape index (κ1) is 17.1. The van der Waals surface area contributed by atoms with Gasteiger partial charge in [-0.15, -0.1) is 0 Å². The fourth-order valence-electron chi connectivity index (χ4n) is 3.07. The zero-order chi connectivity index (χ0) is 18.8. The SMILES string of the molecule is CC(c1cccc(-n2cccn2)c1)c1cccc(-c2ccc(F)cc2F)n1. The summed E-state index contributed by atoms with van der Waals surface area (Å²) in [7, 11) is 0. The molecule has 0 bridgehead atoms. The zero-order valence-corrected chi connectivity index (χ0v) is 14.7.